The SMILES string of the molecule is CCCN(CC(=O)Nc1ccccc1OC)Cc1cc2c(cc1O)OCO2. The van der Waals surface area contributed by atoms with Gasteiger partial charge in [-0.1, -0.05) is 19.1 Å². The van der Waals surface area contributed by atoms with E-state index in [1.807, 2.05) is 24.0 Å². The number of aromatic hydroxyl groups is 1. The van der Waals surface area contributed by atoms with Crippen molar-refractivity contribution >= 4 is 11.6 Å². The summed E-state index contributed by atoms with van der Waals surface area (Å²) < 4.78 is 15.9. The topological polar surface area (TPSA) is 80.3 Å². The van der Waals surface area contributed by atoms with Crippen LogP contribution in [-0.4, -0.2) is 42.9 Å². The fourth-order valence-corrected chi connectivity index (χ4v) is 3.01. The van der Waals surface area contributed by atoms with Gasteiger partial charge in [0.05, 0.1) is 19.3 Å². The zero-order chi connectivity index (χ0) is 19.2. The lowest BCUT2D eigenvalue weighted by atomic mass is 10.1. The number of phenols is 1. The van der Waals surface area contributed by atoms with Gasteiger partial charge in [-0.2, -0.15) is 0 Å². The Kier molecular flexibility index (Phi) is 6.03. The maximum atomic E-state index is 12.5. The Morgan fingerprint density at radius 3 is 2.74 bits per heavy atom. The molecule has 1 amide bonds. The van der Waals surface area contributed by atoms with Crippen LogP contribution in [0.1, 0.15) is 18.9 Å². The van der Waals surface area contributed by atoms with E-state index in [0.717, 1.165) is 6.42 Å². The minimum Gasteiger partial charge on any atom is -0.507 e. The molecule has 1 aliphatic heterocycles. The molecule has 0 atom stereocenters. The highest BCUT2D eigenvalue weighted by molar-refractivity contribution is 5.93. The van der Waals surface area contributed by atoms with Gasteiger partial charge < -0.3 is 24.6 Å². The molecule has 0 unspecified atom stereocenters. The van der Waals surface area contributed by atoms with Gasteiger partial charge in [-0.05, 0) is 31.2 Å². The molecule has 0 aromatic heterocycles. The molecule has 0 aliphatic carbocycles. The lowest BCUT2D eigenvalue weighted by Crippen LogP contribution is -2.33. The molecule has 2 aromatic carbocycles. The molecular formula is C20H24N2O5. The number of carbonyl (C=O) groups excluding carboxylic acids is 1. The van der Waals surface area contributed by atoms with Crippen LogP contribution in [0, 0.1) is 0 Å². The smallest absolute Gasteiger partial charge is 0.238 e. The van der Waals surface area contributed by atoms with Crippen molar-refractivity contribution in [3.63, 3.8) is 0 Å². The van der Waals surface area contributed by atoms with Crippen molar-refractivity contribution in [3.8, 4) is 23.0 Å². The molecule has 0 bridgehead atoms. The first kappa shape index (κ1) is 18.8. The first-order valence-corrected chi connectivity index (χ1v) is 8.87. The number of amides is 1. The summed E-state index contributed by atoms with van der Waals surface area (Å²) in [5, 5.41) is 13.1. The molecule has 7 heteroatoms. The molecular weight excluding hydrogens is 348 g/mol. The Balaban J connectivity index is 1.68. The van der Waals surface area contributed by atoms with Gasteiger partial charge in [-0.25, -0.2) is 0 Å². The molecule has 7 nitrogen and oxygen atoms in total. The molecule has 2 N–H and O–H groups in total. The molecule has 1 heterocycles. The summed E-state index contributed by atoms with van der Waals surface area (Å²) in [6.07, 6.45) is 0.882. The van der Waals surface area contributed by atoms with Gasteiger partial charge in [0.1, 0.15) is 11.5 Å². The summed E-state index contributed by atoms with van der Waals surface area (Å²) in [7, 11) is 1.57. The Morgan fingerprint density at radius 1 is 1.26 bits per heavy atom. The standard InChI is InChI=1S/C20H24N2O5/c1-3-8-22(11-14-9-18-19(10-16(14)23)27-13-26-18)12-20(24)21-15-6-4-5-7-17(15)25-2/h4-7,9-10,23H,3,8,11-13H2,1-2H3,(H,21,24). The molecule has 144 valence electrons. The Hall–Kier alpha value is -2.93. The van der Waals surface area contributed by atoms with Crippen LogP contribution in [0.4, 0.5) is 5.69 Å². The molecule has 0 saturated heterocycles. The summed E-state index contributed by atoms with van der Waals surface area (Å²) in [5.74, 6) is 1.74. The van der Waals surface area contributed by atoms with Crippen LogP contribution in [0.15, 0.2) is 36.4 Å². The average molecular weight is 372 g/mol. The highest BCUT2D eigenvalue weighted by atomic mass is 16.7. The minimum atomic E-state index is -0.145. The number of anilines is 1. The zero-order valence-corrected chi connectivity index (χ0v) is 15.5. The number of fused-ring (bicyclic) bond motifs is 1. The fourth-order valence-electron chi connectivity index (χ4n) is 3.01. The number of phenolic OH excluding ortho intramolecular Hbond substituents is 1. The van der Waals surface area contributed by atoms with Crippen molar-refractivity contribution in [3.05, 3.63) is 42.0 Å². The molecule has 0 spiro atoms. The van der Waals surface area contributed by atoms with Crippen LogP contribution in [0.2, 0.25) is 0 Å². The summed E-state index contributed by atoms with van der Waals surface area (Å²) >= 11 is 0. The van der Waals surface area contributed by atoms with Crippen molar-refractivity contribution in [2.45, 2.75) is 19.9 Å². The molecule has 2 aromatic rings. The summed E-state index contributed by atoms with van der Waals surface area (Å²) in [6.45, 7) is 3.53. The third-order valence-corrected chi connectivity index (χ3v) is 4.26. The van der Waals surface area contributed by atoms with Crippen molar-refractivity contribution in [2.75, 3.05) is 32.3 Å². The average Bonchev–Trinajstić information content (AvgIpc) is 3.09. The predicted octanol–water partition coefficient (Wildman–Crippen LogP) is 2.98. The number of para-hydroxylation sites is 2. The number of methoxy groups -OCH3 is 1. The minimum absolute atomic E-state index is 0.130. The number of hydrogen-bond donors (Lipinski definition) is 2. The molecule has 3 rings (SSSR count). The van der Waals surface area contributed by atoms with Gasteiger partial charge >= 0.3 is 0 Å². The number of nitrogens with zero attached hydrogens (tertiary/aromatic N) is 1. The monoisotopic (exact) mass is 372 g/mol. The number of nitrogens with one attached hydrogen (secondary N) is 1. The van der Waals surface area contributed by atoms with E-state index in [9.17, 15) is 9.90 Å². The van der Waals surface area contributed by atoms with Crippen LogP contribution < -0.4 is 19.5 Å². The number of hydrogen-bond acceptors (Lipinski definition) is 6. The zero-order valence-electron chi connectivity index (χ0n) is 15.5. The van der Waals surface area contributed by atoms with Crippen LogP contribution in [-0.2, 0) is 11.3 Å². The van der Waals surface area contributed by atoms with E-state index in [-0.39, 0.29) is 25.0 Å². The van der Waals surface area contributed by atoms with Crippen molar-refractivity contribution in [1.82, 2.24) is 4.90 Å². The van der Waals surface area contributed by atoms with Crippen molar-refractivity contribution < 1.29 is 24.1 Å². The second-order valence-corrected chi connectivity index (χ2v) is 6.29. The van der Waals surface area contributed by atoms with Gasteiger partial charge in [0, 0.05) is 18.2 Å². The second kappa shape index (κ2) is 8.64. The quantitative estimate of drug-likeness (QED) is 0.742. The number of ether oxygens (including phenoxy) is 3. The van der Waals surface area contributed by atoms with Crippen LogP contribution >= 0.6 is 0 Å². The first-order valence-electron chi connectivity index (χ1n) is 8.87. The van der Waals surface area contributed by atoms with Gasteiger partial charge in [-0.3, -0.25) is 9.69 Å². The van der Waals surface area contributed by atoms with Gasteiger partial charge in [0.15, 0.2) is 11.5 Å². The highest BCUT2D eigenvalue weighted by Gasteiger charge is 2.19. The van der Waals surface area contributed by atoms with Crippen LogP contribution in [0.5, 0.6) is 23.0 Å². The van der Waals surface area contributed by atoms with E-state index in [4.69, 9.17) is 14.2 Å². The maximum absolute atomic E-state index is 12.5. The predicted molar refractivity (Wildman–Crippen MR) is 101 cm³/mol. The third kappa shape index (κ3) is 4.62. The Morgan fingerprint density at radius 2 is 2.00 bits per heavy atom. The van der Waals surface area contributed by atoms with E-state index < -0.39 is 0 Å². The van der Waals surface area contributed by atoms with E-state index >= 15 is 0 Å². The molecule has 0 radical (unpaired) electrons. The van der Waals surface area contributed by atoms with Crippen molar-refractivity contribution in [1.29, 1.82) is 0 Å². The van der Waals surface area contributed by atoms with E-state index in [1.54, 1.807) is 31.4 Å². The first-order chi connectivity index (χ1) is 13.1. The normalized spacial score (nSPS) is 12.3. The van der Waals surface area contributed by atoms with E-state index in [0.29, 0.717) is 41.6 Å². The number of rotatable bonds is 8. The number of carbonyl (C=O) groups is 1. The maximum Gasteiger partial charge on any atom is 0.238 e. The van der Waals surface area contributed by atoms with Crippen LogP contribution in [0.25, 0.3) is 0 Å². The van der Waals surface area contributed by atoms with Gasteiger partial charge in [-0.15, -0.1) is 0 Å². The highest BCUT2D eigenvalue weighted by Crippen LogP contribution is 2.38. The summed E-state index contributed by atoms with van der Waals surface area (Å²) in [4.78, 5) is 14.5. The molecule has 1 aliphatic rings. The van der Waals surface area contributed by atoms with Crippen molar-refractivity contribution in [2.24, 2.45) is 0 Å². The van der Waals surface area contributed by atoms with Gasteiger partial charge in [0.25, 0.3) is 0 Å². The Bertz CT molecular complexity index is 809. The van der Waals surface area contributed by atoms with E-state index in [1.165, 1.54) is 0 Å². The molecule has 0 fully saturated rings. The van der Waals surface area contributed by atoms with Crippen LogP contribution in [0.3, 0.4) is 0 Å². The lowest BCUT2D eigenvalue weighted by Gasteiger charge is -2.22. The second-order valence-electron chi connectivity index (χ2n) is 6.29. The lowest BCUT2D eigenvalue weighted by molar-refractivity contribution is -0.117. The van der Waals surface area contributed by atoms with Gasteiger partial charge in [0.2, 0.25) is 12.7 Å². The largest absolute Gasteiger partial charge is 0.507 e. The third-order valence-electron chi connectivity index (χ3n) is 4.26. The number of benzene rings is 2. The molecule has 27 heavy (non-hydrogen) atoms. The summed E-state index contributed by atoms with van der Waals surface area (Å²) in [6, 6.07) is 10.6. The van der Waals surface area contributed by atoms with E-state index in [2.05, 4.69) is 5.32 Å². The summed E-state index contributed by atoms with van der Waals surface area (Å²) in [5.41, 5.74) is 1.32. The molecule has 0 saturated carbocycles. The fraction of sp³-hybridized carbons (Fsp3) is 0.350. The Labute approximate surface area is 158 Å².